The summed E-state index contributed by atoms with van der Waals surface area (Å²) < 4.78 is 3.05. The molecule has 0 unspecified atom stereocenters. The average molecular weight is 192 g/mol. The zero-order valence-corrected chi connectivity index (χ0v) is 7.77. The standard InChI is InChI=1S/2C2H5.CH3.Sn/c2*1-2;;/h2*1H2,2H3;1H3;/q;;;+1. The summed E-state index contributed by atoms with van der Waals surface area (Å²) in [6, 6.07) is 0. The summed E-state index contributed by atoms with van der Waals surface area (Å²) in [6.07, 6.45) is 0. The molecule has 0 aliphatic carbocycles. The van der Waals surface area contributed by atoms with E-state index >= 15 is 0 Å². The molecule has 0 aromatic rings. The van der Waals surface area contributed by atoms with Crippen LogP contribution < -0.4 is 0 Å². The SMILES string of the molecule is C[CH2][Sn+]([CH3])[CH2]C. The fourth-order valence-corrected chi connectivity index (χ4v) is 1.68. The molecule has 0 saturated carbocycles. The molecule has 0 fully saturated rings. The molecule has 1 heteroatoms. The molecule has 0 aliphatic rings. The van der Waals surface area contributed by atoms with Crippen LogP contribution in [0.3, 0.4) is 0 Å². The first kappa shape index (κ1) is 6.80. The maximum atomic E-state index is 2.47. The van der Waals surface area contributed by atoms with E-state index in [1.807, 2.05) is 0 Å². The number of hydrogen-bond acceptors (Lipinski definition) is 0. The van der Waals surface area contributed by atoms with Crippen LogP contribution >= 0.6 is 0 Å². The van der Waals surface area contributed by atoms with Gasteiger partial charge in [0.1, 0.15) is 0 Å². The minimum atomic E-state index is -0.616. The number of hydrogen-bond donors (Lipinski definition) is 0. The van der Waals surface area contributed by atoms with Crippen molar-refractivity contribution in [3.63, 3.8) is 0 Å². The van der Waals surface area contributed by atoms with E-state index in [1.54, 1.807) is 0 Å². The topological polar surface area (TPSA) is 0 Å². The monoisotopic (exact) mass is 193 g/mol. The van der Waals surface area contributed by atoms with E-state index in [2.05, 4.69) is 18.8 Å². The Balaban J connectivity index is 2.75. The van der Waals surface area contributed by atoms with Gasteiger partial charge in [0.2, 0.25) is 0 Å². The molecule has 0 heterocycles. The molecule has 36 valence electrons. The Kier molecular flexibility index (Phi) is 4.50. The van der Waals surface area contributed by atoms with Crippen LogP contribution in [0.2, 0.25) is 13.8 Å². The third kappa shape index (κ3) is 3.01. The summed E-state index contributed by atoms with van der Waals surface area (Å²) in [4.78, 5) is 2.47. The van der Waals surface area contributed by atoms with E-state index in [0.717, 1.165) is 0 Å². The van der Waals surface area contributed by atoms with Crippen molar-refractivity contribution < 1.29 is 0 Å². The molecule has 0 rings (SSSR count). The molecule has 0 N–H and O–H groups in total. The molecule has 6 heavy (non-hydrogen) atoms. The fraction of sp³-hybridized carbons (Fsp3) is 1.00. The predicted octanol–water partition coefficient (Wildman–Crippen LogP) is 2.15. The van der Waals surface area contributed by atoms with Gasteiger partial charge in [-0.05, 0) is 0 Å². The second-order valence-electron chi connectivity index (χ2n) is 1.66. The Morgan fingerprint density at radius 3 is 1.50 bits per heavy atom. The maximum absolute atomic E-state index is 2.47. The Morgan fingerprint density at radius 1 is 1.17 bits per heavy atom. The van der Waals surface area contributed by atoms with Crippen molar-refractivity contribution in [2.45, 2.75) is 27.7 Å². The zero-order valence-electron chi connectivity index (χ0n) is 4.91. The first-order chi connectivity index (χ1) is 2.81. The van der Waals surface area contributed by atoms with Crippen LogP contribution in [0.1, 0.15) is 13.8 Å². The van der Waals surface area contributed by atoms with E-state index in [0.29, 0.717) is 0 Å². The van der Waals surface area contributed by atoms with Gasteiger partial charge in [-0.15, -0.1) is 0 Å². The van der Waals surface area contributed by atoms with Gasteiger partial charge in [0.25, 0.3) is 0 Å². The zero-order chi connectivity index (χ0) is 4.99. The van der Waals surface area contributed by atoms with Crippen LogP contribution in [0, 0.1) is 0 Å². The second kappa shape index (κ2) is 3.97. The second-order valence-corrected chi connectivity index (χ2v) is 11.2. The molecule has 0 bridgehead atoms. The van der Waals surface area contributed by atoms with Crippen molar-refractivity contribution >= 4 is 19.8 Å². The van der Waals surface area contributed by atoms with Gasteiger partial charge in [0, 0.05) is 0 Å². The van der Waals surface area contributed by atoms with Crippen molar-refractivity contribution in [2.24, 2.45) is 0 Å². The van der Waals surface area contributed by atoms with Gasteiger partial charge in [-0.1, -0.05) is 0 Å². The first-order valence-corrected chi connectivity index (χ1v) is 9.51. The molecule has 0 amide bonds. The predicted molar refractivity (Wildman–Crippen MR) is 32.6 cm³/mol. The number of rotatable bonds is 2. The van der Waals surface area contributed by atoms with Crippen LogP contribution in [0.4, 0.5) is 0 Å². The summed E-state index contributed by atoms with van der Waals surface area (Å²) >= 11 is -0.616. The molecule has 0 aliphatic heterocycles. The van der Waals surface area contributed by atoms with Crippen LogP contribution in [0.15, 0.2) is 0 Å². The van der Waals surface area contributed by atoms with Crippen LogP contribution in [-0.4, -0.2) is 19.8 Å². The van der Waals surface area contributed by atoms with Crippen LogP contribution in [0.5, 0.6) is 0 Å². The van der Waals surface area contributed by atoms with Crippen molar-refractivity contribution in [1.82, 2.24) is 0 Å². The summed E-state index contributed by atoms with van der Waals surface area (Å²) in [5.41, 5.74) is 0. The molecular formula is C5H13Sn+. The van der Waals surface area contributed by atoms with Gasteiger partial charge in [-0.25, -0.2) is 0 Å². The fourth-order valence-electron chi connectivity index (χ4n) is 0.250. The molecule has 0 spiro atoms. The molecule has 0 saturated heterocycles. The van der Waals surface area contributed by atoms with E-state index in [1.165, 1.54) is 8.87 Å². The molecule has 0 aromatic carbocycles. The molecule has 0 atom stereocenters. The van der Waals surface area contributed by atoms with Crippen molar-refractivity contribution in [1.29, 1.82) is 0 Å². The summed E-state index contributed by atoms with van der Waals surface area (Å²) in [7, 11) is 0. The summed E-state index contributed by atoms with van der Waals surface area (Å²) in [5.74, 6) is 0. The van der Waals surface area contributed by atoms with Gasteiger partial charge in [-0.3, -0.25) is 0 Å². The van der Waals surface area contributed by atoms with E-state index in [9.17, 15) is 0 Å². The summed E-state index contributed by atoms with van der Waals surface area (Å²) in [5, 5.41) is 0. The van der Waals surface area contributed by atoms with Crippen LogP contribution in [0.25, 0.3) is 0 Å². The molecule has 0 nitrogen and oxygen atoms in total. The van der Waals surface area contributed by atoms with Gasteiger partial charge >= 0.3 is 47.4 Å². The van der Waals surface area contributed by atoms with E-state index in [4.69, 9.17) is 0 Å². The van der Waals surface area contributed by atoms with Crippen molar-refractivity contribution in [3.8, 4) is 0 Å². The van der Waals surface area contributed by atoms with Gasteiger partial charge in [-0.2, -0.15) is 0 Å². The van der Waals surface area contributed by atoms with Gasteiger partial charge in [0.05, 0.1) is 0 Å². The average Bonchev–Trinajstić information content (AvgIpc) is 1.65. The van der Waals surface area contributed by atoms with Gasteiger partial charge < -0.3 is 0 Å². The summed E-state index contributed by atoms with van der Waals surface area (Å²) in [6.45, 7) is 4.64. The van der Waals surface area contributed by atoms with Crippen molar-refractivity contribution in [2.75, 3.05) is 0 Å². The van der Waals surface area contributed by atoms with E-state index < -0.39 is 19.8 Å². The molecule has 0 radical (unpaired) electrons. The van der Waals surface area contributed by atoms with E-state index in [-0.39, 0.29) is 0 Å². The Hall–Kier alpha value is 0.799. The quantitative estimate of drug-likeness (QED) is 0.587. The first-order valence-electron chi connectivity index (χ1n) is 2.62. The molecule has 0 aromatic heterocycles. The Morgan fingerprint density at radius 2 is 1.50 bits per heavy atom. The molecular weight excluding hydrogens is 179 g/mol. The third-order valence-corrected chi connectivity index (χ3v) is 8.10. The van der Waals surface area contributed by atoms with Crippen molar-refractivity contribution in [3.05, 3.63) is 0 Å². The minimum absolute atomic E-state index is 0.616. The Bertz CT molecular complexity index is 23.1. The Labute approximate surface area is 47.7 Å². The third-order valence-electron chi connectivity index (χ3n) is 1.21. The van der Waals surface area contributed by atoms with Gasteiger partial charge in [0.15, 0.2) is 0 Å². The normalized spacial score (nSPS) is 8.50. The van der Waals surface area contributed by atoms with Crippen LogP contribution in [-0.2, 0) is 0 Å².